The maximum Gasteiger partial charge on any atom is 0.224 e. The maximum absolute atomic E-state index is 12.7. The van der Waals surface area contributed by atoms with Crippen LogP contribution in [0.5, 0.6) is 5.75 Å². The monoisotopic (exact) mass is 313 g/mol. The molecule has 1 aliphatic carbocycles. The molecule has 0 unspecified atom stereocenters. The van der Waals surface area contributed by atoms with Gasteiger partial charge in [-0.25, -0.2) is 0 Å². The van der Waals surface area contributed by atoms with E-state index in [0.29, 0.717) is 5.92 Å². The normalized spacial score (nSPS) is 25.1. The Balaban J connectivity index is 1.67. The Morgan fingerprint density at radius 3 is 2.83 bits per heavy atom. The van der Waals surface area contributed by atoms with E-state index in [4.69, 9.17) is 4.74 Å². The molecular formula is C20H27NO2. The summed E-state index contributed by atoms with van der Waals surface area (Å²) in [5, 5.41) is 3.20. The van der Waals surface area contributed by atoms with Crippen molar-refractivity contribution in [2.24, 2.45) is 17.3 Å². The maximum atomic E-state index is 12.7. The lowest BCUT2D eigenvalue weighted by Gasteiger charge is -2.16. The summed E-state index contributed by atoms with van der Waals surface area (Å²) in [5.74, 6) is 1.59. The highest BCUT2D eigenvalue weighted by atomic mass is 16.5. The van der Waals surface area contributed by atoms with Crippen LogP contribution in [0.15, 0.2) is 29.8 Å². The van der Waals surface area contributed by atoms with Gasteiger partial charge in [-0.05, 0) is 55.4 Å². The van der Waals surface area contributed by atoms with Gasteiger partial charge in [0.25, 0.3) is 0 Å². The van der Waals surface area contributed by atoms with Crippen molar-refractivity contribution in [1.82, 2.24) is 5.32 Å². The van der Waals surface area contributed by atoms with Crippen LogP contribution in [0.2, 0.25) is 0 Å². The minimum atomic E-state index is 0.0251. The zero-order valence-corrected chi connectivity index (χ0v) is 14.8. The summed E-state index contributed by atoms with van der Waals surface area (Å²) in [6.45, 7) is 11.4. The molecule has 3 nitrogen and oxygen atoms in total. The first-order valence-electron chi connectivity index (χ1n) is 8.51. The van der Waals surface area contributed by atoms with E-state index in [2.05, 4.69) is 58.1 Å². The molecule has 0 spiro atoms. The highest BCUT2D eigenvalue weighted by Crippen LogP contribution is 2.59. The third kappa shape index (κ3) is 3.01. The predicted octanol–water partition coefficient (Wildman–Crippen LogP) is 4.04. The van der Waals surface area contributed by atoms with E-state index in [0.717, 1.165) is 24.3 Å². The molecule has 23 heavy (non-hydrogen) atoms. The Kier molecular flexibility index (Phi) is 3.99. The number of benzene rings is 1. The van der Waals surface area contributed by atoms with Crippen LogP contribution < -0.4 is 10.1 Å². The lowest BCUT2D eigenvalue weighted by Crippen LogP contribution is -2.29. The van der Waals surface area contributed by atoms with Gasteiger partial charge in [-0.3, -0.25) is 4.79 Å². The molecule has 1 saturated carbocycles. The number of carbonyl (C=O) groups is 1. The topological polar surface area (TPSA) is 38.3 Å². The molecule has 0 aromatic heterocycles. The van der Waals surface area contributed by atoms with Crippen molar-refractivity contribution < 1.29 is 9.53 Å². The van der Waals surface area contributed by atoms with E-state index in [9.17, 15) is 4.79 Å². The van der Waals surface area contributed by atoms with Gasteiger partial charge in [0, 0.05) is 6.42 Å². The largest absolute Gasteiger partial charge is 0.493 e. The molecule has 2 aliphatic rings. The molecule has 1 fully saturated rings. The van der Waals surface area contributed by atoms with Crippen LogP contribution in [0.4, 0.5) is 0 Å². The molecule has 0 saturated heterocycles. The Hall–Kier alpha value is -1.77. The van der Waals surface area contributed by atoms with Gasteiger partial charge in [-0.15, -0.1) is 0 Å². The van der Waals surface area contributed by atoms with Crippen LogP contribution in [0.1, 0.15) is 51.8 Å². The SMILES string of the molecule is CC(C)=C[C@@H]1[C@H](C(=O)N[C@H](C)c2ccc3c(c2)CCO3)C1(C)C. The minimum absolute atomic E-state index is 0.0251. The Morgan fingerprint density at radius 2 is 2.13 bits per heavy atom. The number of nitrogens with one attached hydrogen (secondary N) is 1. The van der Waals surface area contributed by atoms with Crippen molar-refractivity contribution in [2.75, 3.05) is 6.61 Å². The quantitative estimate of drug-likeness (QED) is 0.852. The number of hydrogen-bond acceptors (Lipinski definition) is 2. The molecular weight excluding hydrogens is 286 g/mol. The van der Waals surface area contributed by atoms with Gasteiger partial charge in [0.1, 0.15) is 5.75 Å². The van der Waals surface area contributed by atoms with Gasteiger partial charge in [0.2, 0.25) is 5.91 Å². The second-order valence-corrected chi connectivity index (χ2v) is 7.76. The molecule has 1 heterocycles. The molecule has 3 heteroatoms. The summed E-state index contributed by atoms with van der Waals surface area (Å²) >= 11 is 0. The fourth-order valence-corrected chi connectivity index (χ4v) is 3.71. The van der Waals surface area contributed by atoms with E-state index in [1.54, 1.807) is 0 Å². The van der Waals surface area contributed by atoms with E-state index >= 15 is 0 Å². The first-order chi connectivity index (χ1) is 10.8. The van der Waals surface area contributed by atoms with Crippen LogP contribution in [0.3, 0.4) is 0 Å². The first kappa shape index (κ1) is 16.1. The van der Waals surface area contributed by atoms with Gasteiger partial charge in [0.05, 0.1) is 18.6 Å². The fourth-order valence-electron chi connectivity index (χ4n) is 3.71. The van der Waals surface area contributed by atoms with Crippen molar-refractivity contribution >= 4 is 5.91 Å². The predicted molar refractivity (Wildman–Crippen MR) is 92.4 cm³/mol. The Labute approximate surface area is 139 Å². The van der Waals surface area contributed by atoms with Crippen molar-refractivity contribution in [1.29, 1.82) is 0 Å². The molecule has 0 radical (unpaired) electrons. The van der Waals surface area contributed by atoms with Gasteiger partial charge >= 0.3 is 0 Å². The average molecular weight is 313 g/mol. The van der Waals surface area contributed by atoms with Gasteiger partial charge in [0.15, 0.2) is 0 Å². The fraction of sp³-hybridized carbons (Fsp3) is 0.550. The summed E-state index contributed by atoms with van der Waals surface area (Å²) < 4.78 is 5.55. The summed E-state index contributed by atoms with van der Waals surface area (Å²) in [7, 11) is 0. The van der Waals surface area contributed by atoms with Crippen LogP contribution in [0, 0.1) is 17.3 Å². The molecule has 1 aromatic carbocycles. The minimum Gasteiger partial charge on any atom is -0.493 e. The van der Waals surface area contributed by atoms with E-state index in [1.807, 2.05) is 6.07 Å². The molecule has 3 rings (SSSR count). The van der Waals surface area contributed by atoms with E-state index in [-0.39, 0.29) is 23.3 Å². The summed E-state index contributed by atoms with van der Waals surface area (Å²) in [4.78, 5) is 12.7. The zero-order valence-electron chi connectivity index (χ0n) is 14.8. The molecule has 0 bridgehead atoms. The van der Waals surface area contributed by atoms with Crippen molar-refractivity contribution in [2.45, 2.75) is 47.1 Å². The number of carbonyl (C=O) groups excluding carboxylic acids is 1. The lowest BCUT2D eigenvalue weighted by atomic mass is 10.0. The molecule has 1 aliphatic heterocycles. The standard InChI is InChI=1S/C20H27NO2/c1-12(2)10-16-18(20(16,4)5)19(22)21-13(3)14-6-7-17-15(11-14)8-9-23-17/h6-7,10-11,13,16,18H,8-9H2,1-5H3,(H,21,22)/t13-,16-,18-/m1/s1. The van der Waals surface area contributed by atoms with Crippen molar-refractivity contribution in [3.05, 3.63) is 41.0 Å². The third-order valence-electron chi connectivity index (χ3n) is 5.28. The second-order valence-electron chi connectivity index (χ2n) is 7.76. The van der Waals surface area contributed by atoms with Crippen LogP contribution in [0.25, 0.3) is 0 Å². The third-order valence-corrected chi connectivity index (χ3v) is 5.28. The van der Waals surface area contributed by atoms with Crippen LogP contribution in [-0.2, 0) is 11.2 Å². The number of ether oxygens (including phenoxy) is 1. The molecule has 1 N–H and O–H groups in total. The molecule has 1 aromatic rings. The van der Waals surface area contributed by atoms with Crippen molar-refractivity contribution in [3.8, 4) is 5.75 Å². The summed E-state index contributed by atoms with van der Waals surface area (Å²) in [5.41, 5.74) is 3.75. The number of allylic oxidation sites excluding steroid dienone is 2. The van der Waals surface area contributed by atoms with Gasteiger partial charge < -0.3 is 10.1 Å². The molecule has 1 amide bonds. The lowest BCUT2D eigenvalue weighted by molar-refractivity contribution is -0.123. The summed E-state index contributed by atoms with van der Waals surface area (Å²) in [6.07, 6.45) is 3.20. The molecule has 124 valence electrons. The van der Waals surface area contributed by atoms with Gasteiger partial charge in [-0.2, -0.15) is 0 Å². The highest BCUT2D eigenvalue weighted by molar-refractivity contribution is 5.84. The number of fused-ring (bicyclic) bond motifs is 1. The Bertz CT molecular complexity index is 656. The van der Waals surface area contributed by atoms with E-state index in [1.165, 1.54) is 11.1 Å². The number of rotatable bonds is 4. The molecule has 3 atom stereocenters. The number of hydrogen-bond donors (Lipinski definition) is 1. The van der Waals surface area contributed by atoms with Crippen LogP contribution >= 0.6 is 0 Å². The Morgan fingerprint density at radius 1 is 1.39 bits per heavy atom. The zero-order chi connectivity index (χ0) is 16.8. The first-order valence-corrected chi connectivity index (χ1v) is 8.51. The average Bonchev–Trinajstić information content (AvgIpc) is 2.85. The van der Waals surface area contributed by atoms with E-state index < -0.39 is 0 Å². The summed E-state index contributed by atoms with van der Waals surface area (Å²) in [6, 6.07) is 6.27. The smallest absolute Gasteiger partial charge is 0.224 e. The van der Waals surface area contributed by atoms with Gasteiger partial charge in [-0.1, -0.05) is 31.6 Å². The highest BCUT2D eigenvalue weighted by Gasteiger charge is 2.60. The van der Waals surface area contributed by atoms with Crippen LogP contribution in [-0.4, -0.2) is 12.5 Å². The van der Waals surface area contributed by atoms with Crippen molar-refractivity contribution in [3.63, 3.8) is 0 Å². The second kappa shape index (κ2) is 5.70. The number of amides is 1.